The summed E-state index contributed by atoms with van der Waals surface area (Å²) in [5.41, 5.74) is 1.30. The Morgan fingerprint density at radius 2 is 1.86 bits per heavy atom. The summed E-state index contributed by atoms with van der Waals surface area (Å²) in [6.45, 7) is 8.09. The van der Waals surface area contributed by atoms with Gasteiger partial charge in [0.15, 0.2) is 0 Å². The maximum Gasteiger partial charge on any atom is 0.326 e. The Labute approximate surface area is 126 Å². The molecule has 0 saturated carbocycles. The van der Waals surface area contributed by atoms with Crippen LogP contribution in [-0.2, 0) is 10.2 Å². The lowest BCUT2D eigenvalue weighted by Crippen LogP contribution is -2.41. The molecule has 0 saturated heterocycles. The highest BCUT2D eigenvalue weighted by molar-refractivity contribution is 5.98. The fourth-order valence-electron chi connectivity index (χ4n) is 2.24. The molecule has 1 amide bonds. The summed E-state index contributed by atoms with van der Waals surface area (Å²) in [4.78, 5) is 23.7. The van der Waals surface area contributed by atoms with E-state index in [-0.39, 0.29) is 11.3 Å². The van der Waals surface area contributed by atoms with Crippen LogP contribution >= 0.6 is 0 Å². The van der Waals surface area contributed by atoms with Crippen LogP contribution in [0.3, 0.4) is 0 Å². The maximum atomic E-state index is 12.4. The minimum Gasteiger partial charge on any atom is -0.480 e. The molecule has 0 heterocycles. The van der Waals surface area contributed by atoms with Gasteiger partial charge in [0.1, 0.15) is 6.04 Å². The number of carbonyl (C=O) groups excluding carboxylic acids is 1. The summed E-state index contributed by atoms with van der Waals surface area (Å²) < 4.78 is 0. The second-order valence-electron chi connectivity index (χ2n) is 6.30. The van der Waals surface area contributed by atoms with Crippen molar-refractivity contribution in [2.75, 3.05) is 0 Å². The highest BCUT2D eigenvalue weighted by Crippen LogP contribution is 2.25. The van der Waals surface area contributed by atoms with Gasteiger partial charge in [0.05, 0.1) is 0 Å². The van der Waals surface area contributed by atoms with Crippen molar-refractivity contribution in [1.82, 2.24) is 5.32 Å². The Morgan fingerprint density at radius 3 is 2.38 bits per heavy atom. The molecule has 0 radical (unpaired) electrons. The minimum absolute atomic E-state index is 0.171. The lowest BCUT2D eigenvalue weighted by molar-refractivity contribution is -0.139. The normalized spacial score (nSPS) is 12.8. The van der Waals surface area contributed by atoms with E-state index in [1.54, 1.807) is 12.1 Å². The van der Waals surface area contributed by atoms with Crippen LogP contribution in [0.15, 0.2) is 24.3 Å². The van der Waals surface area contributed by atoms with Gasteiger partial charge in [-0.05, 0) is 23.5 Å². The Morgan fingerprint density at radius 1 is 1.24 bits per heavy atom. The number of nitrogens with one attached hydrogen (secondary N) is 1. The van der Waals surface area contributed by atoms with Crippen molar-refractivity contribution in [3.8, 4) is 0 Å². The quantitative estimate of drug-likeness (QED) is 0.844. The Kier molecular flexibility index (Phi) is 5.94. The molecule has 0 spiro atoms. The predicted octanol–water partition coefficient (Wildman–Crippen LogP) is 3.36. The number of unbranched alkanes of at least 4 members (excludes halogenated alkanes) is 1. The van der Waals surface area contributed by atoms with Crippen molar-refractivity contribution in [2.45, 2.75) is 58.4 Å². The van der Waals surface area contributed by atoms with Crippen LogP contribution in [0.5, 0.6) is 0 Å². The zero-order chi connectivity index (χ0) is 16.0. The molecule has 1 atom stereocenters. The van der Waals surface area contributed by atoms with Crippen molar-refractivity contribution in [3.05, 3.63) is 35.4 Å². The van der Waals surface area contributed by atoms with Gasteiger partial charge in [0, 0.05) is 5.56 Å². The van der Waals surface area contributed by atoms with Crippen LogP contribution in [0.25, 0.3) is 0 Å². The Bertz CT molecular complexity index is 503. The molecule has 0 unspecified atom stereocenters. The first kappa shape index (κ1) is 17.2. The third-order valence-corrected chi connectivity index (χ3v) is 3.43. The molecule has 0 aromatic heterocycles. The molecule has 116 valence electrons. The maximum absolute atomic E-state index is 12.4. The van der Waals surface area contributed by atoms with Crippen molar-refractivity contribution in [3.63, 3.8) is 0 Å². The van der Waals surface area contributed by atoms with E-state index in [0.29, 0.717) is 12.0 Å². The molecule has 0 fully saturated rings. The molecule has 1 rings (SSSR count). The van der Waals surface area contributed by atoms with Gasteiger partial charge >= 0.3 is 5.97 Å². The SMILES string of the molecule is CCCC[C@H](NC(=O)c1ccccc1C(C)(C)C)C(=O)O. The lowest BCUT2D eigenvalue weighted by atomic mass is 9.83. The van der Waals surface area contributed by atoms with Crippen LogP contribution in [0.1, 0.15) is 62.9 Å². The first-order chi connectivity index (χ1) is 9.77. The second-order valence-corrected chi connectivity index (χ2v) is 6.30. The van der Waals surface area contributed by atoms with Crippen LogP contribution in [0.2, 0.25) is 0 Å². The van der Waals surface area contributed by atoms with Crippen molar-refractivity contribution in [1.29, 1.82) is 0 Å². The molecule has 4 nitrogen and oxygen atoms in total. The molecular weight excluding hydrogens is 266 g/mol. The number of benzene rings is 1. The van der Waals surface area contributed by atoms with Gasteiger partial charge in [0.25, 0.3) is 5.91 Å². The van der Waals surface area contributed by atoms with E-state index in [4.69, 9.17) is 0 Å². The lowest BCUT2D eigenvalue weighted by Gasteiger charge is -2.23. The first-order valence-electron chi connectivity index (χ1n) is 7.40. The van der Waals surface area contributed by atoms with Gasteiger partial charge in [-0.3, -0.25) is 4.79 Å². The predicted molar refractivity (Wildman–Crippen MR) is 83.6 cm³/mol. The average molecular weight is 291 g/mol. The van der Waals surface area contributed by atoms with Crippen molar-refractivity contribution in [2.24, 2.45) is 0 Å². The number of carboxylic acids is 1. The zero-order valence-corrected chi connectivity index (χ0v) is 13.3. The largest absolute Gasteiger partial charge is 0.480 e. The number of amides is 1. The highest BCUT2D eigenvalue weighted by Gasteiger charge is 2.24. The van der Waals surface area contributed by atoms with E-state index in [0.717, 1.165) is 18.4 Å². The van der Waals surface area contributed by atoms with Crippen LogP contribution in [-0.4, -0.2) is 23.0 Å². The number of rotatable bonds is 6. The van der Waals surface area contributed by atoms with Crippen LogP contribution in [0, 0.1) is 0 Å². The number of hydrogen-bond acceptors (Lipinski definition) is 2. The van der Waals surface area contributed by atoms with Gasteiger partial charge in [-0.25, -0.2) is 4.79 Å². The van der Waals surface area contributed by atoms with E-state index >= 15 is 0 Å². The van der Waals surface area contributed by atoms with E-state index in [1.807, 2.05) is 39.8 Å². The fraction of sp³-hybridized carbons (Fsp3) is 0.529. The topological polar surface area (TPSA) is 66.4 Å². The molecule has 1 aromatic rings. The summed E-state index contributed by atoms with van der Waals surface area (Å²) in [7, 11) is 0. The van der Waals surface area contributed by atoms with Gasteiger partial charge in [-0.2, -0.15) is 0 Å². The molecule has 0 aliphatic heterocycles. The number of aliphatic carboxylic acids is 1. The number of carboxylic acid groups (broad SMARTS) is 1. The van der Waals surface area contributed by atoms with Crippen molar-refractivity contribution < 1.29 is 14.7 Å². The minimum atomic E-state index is -0.981. The molecule has 0 bridgehead atoms. The van der Waals surface area contributed by atoms with E-state index in [2.05, 4.69) is 5.32 Å². The van der Waals surface area contributed by atoms with E-state index in [1.165, 1.54) is 0 Å². The molecular formula is C17H25NO3. The summed E-state index contributed by atoms with van der Waals surface area (Å²) in [5.74, 6) is -1.30. The Balaban J connectivity index is 2.96. The third-order valence-electron chi connectivity index (χ3n) is 3.43. The Hall–Kier alpha value is -1.84. The second kappa shape index (κ2) is 7.25. The number of hydrogen-bond donors (Lipinski definition) is 2. The molecule has 4 heteroatoms. The molecule has 2 N–H and O–H groups in total. The first-order valence-corrected chi connectivity index (χ1v) is 7.40. The molecule has 0 aliphatic rings. The standard InChI is InChI=1S/C17H25NO3/c1-5-6-11-14(16(20)21)18-15(19)12-9-7-8-10-13(12)17(2,3)4/h7-10,14H,5-6,11H2,1-4H3,(H,18,19)(H,20,21)/t14-/m0/s1. The van der Waals surface area contributed by atoms with Crippen molar-refractivity contribution >= 4 is 11.9 Å². The summed E-state index contributed by atoms with van der Waals surface area (Å²) in [6.07, 6.45) is 2.13. The molecule has 0 aliphatic carbocycles. The average Bonchev–Trinajstić information content (AvgIpc) is 2.42. The van der Waals surface area contributed by atoms with Crippen LogP contribution < -0.4 is 5.32 Å². The summed E-state index contributed by atoms with van der Waals surface area (Å²) in [5, 5.41) is 11.9. The third kappa shape index (κ3) is 4.88. The smallest absolute Gasteiger partial charge is 0.326 e. The van der Waals surface area contributed by atoms with Gasteiger partial charge in [-0.1, -0.05) is 58.7 Å². The van der Waals surface area contributed by atoms with Gasteiger partial charge < -0.3 is 10.4 Å². The summed E-state index contributed by atoms with van der Waals surface area (Å²) >= 11 is 0. The molecule has 1 aromatic carbocycles. The van der Waals surface area contributed by atoms with Crippen LogP contribution in [0.4, 0.5) is 0 Å². The number of carbonyl (C=O) groups is 2. The van der Waals surface area contributed by atoms with E-state index < -0.39 is 12.0 Å². The van der Waals surface area contributed by atoms with E-state index in [9.17, 15) is 14.7 Å². The molecule has 21 heavy (non-hydrogen) atoms. The summed E-state index contributed by atoms with van der Waals surface area (Å²) in [6, 6.07) is 6.52. The van der Waals surface area contributed by atoms with Gasteiger partial charge in [0.2, 0.25) is 0 Å². The zero-order valence-electron chi connectivity index (χ0n) is 13.3. The monoisotopic (exact) mass is 291 g/mol. The fourth-order valence-corrected chi connectivity index (χ4v) is 2.24. The highest BCUT2D eigenvalue weighted by atomic mass is 16.4. The van der Waals surface area contributed by atoms with Gasteiger partial charge in [-0.15, -0.1) is 0 Å².